The van der Waals surface area contributed by atoms with Gasteiger partial charge in [-0.1, -0.05) is 11.6 Å². The molecule has 1 saturated heterocycles. The van der Waals surface area contributed by atoms with E-state index in [0.717, 1.165) is 12.8 Å². The second-order valence-electron chi connectivity index (χ2n) is 6.08. The molecule has 1 fully saturated rings. The van der Waals surface area contributed by atoms with Crippen LogP contribution in [0, 0.1) is 0 Å². The van der Waals surface area contributed by atoms with Crippen molar-refractivity contribution in [3.63, 3.8) is 0 Å². The largest absolute Gasteiger partial charge is 0.333 e. The third-order valence-corrected chi connectivity index (χ3v) is 5.65. The minimum absolute atomic E-state index is 0.0387. The van der Waals surface area contributed by atoms with Crippen molar-refractivity contribution in [1.29, 1.82) is 0 Å². The highest BCUT2D eigenvalue weighted by Crippen LogP contribution is 2.26. The molecule has 9 heteroatoms. The van der Waals surface area contributed by atoms with E-state index >= 15 is 0 Å². The van der Waals surface area contributed by atoms with Crippen molar-refractivity contribution in [1.82, 2.24) is 24.2 Å². The first-order valence-corrected chi connectivity index (χ1v) is 9.44. The van der Waals surface area contributed by atoms with Gasteiger partial charge in [0.1, 0.15) is 6.33 Å². The van der Waals surface area contributed by atoms with E-state index in [1.165, 1.54) is 22.1 Å². The number of carbonyl (C=O) groups excluding carboxylic acids is 1. The van der Waals surface area contributed by atoms with Gasteiger partial charge in [-0.25, -0.2) is 9.67 Å². The molecule has 3 aromatic heterocycles. The Hall–Kier alpha value is -2.45. The highest BCUT2D eigenvalue weighted by Gasteiger charge is 2.31. The fourth-order valence-electron chi connectivity index (χ4n) is 3.16. The lowest BCUT2D eigenvalue weighted by Crippen LogP contribution is -2.40. The van der Waals surface area contributed by atoms with E-state index in [9.17, 15) is 9.59 Å². The van der Waals surface area contributed by atoms with Crippen LogP contribution < -0.4 is 5.56 Å². The molecule has 1 aliphatic heterocycles. The molecule has 26 heavy (non-hydrogen) atoms. The van der Waals surface area contributed by atoms with E-state index in [0.29, 0.717) is 28.1 Å². The van der Waals surface area contributed by atoms with Gasteiger partial charge < -0.3 is 4.90 Å². The van der Waals surface area contributed by atoms with E-state index in [4.69, 9.17) is 11.6 Å². The monoisotopic (exact) mass is 389 g/mol. The summed E-state index contributed by atoms with van der Waals surface area (Å²) in [7, 11) is 0. The molecule has 0 saturated carbocycles. The summed E-state index contributed by atoms with van der Waals surface area (Å²) in [5.41, 5.74) is -0.188. The van der Waals surface area contributed by atoms with Crippen molar-refractivity contribution in [3.05, 3.63) is 62.6 Å². The number of halogens is 1. The molecule has 0 spiro atoms. The topological polar surface area (TPSA) is 73.0 Å². The van der Waals surface area contributed by atoms with Crippen LogP contribution in [0.3, 0.4) is 0 Å². The number of aromatic nitrogens is 4. The molecular weight excluding hydrogens is 374 g/mol. The second-order valence-corrected chi connectivity index (χ2v) is 7.80. The van der Waals surface area contributed by atoms with Gasteiger partial charge in [-0.05, 0) is 31.0 Å². The minimum atomic E-state index is -0.188. The first-order valence-electron chi connectivity index (χ1n) is 8.24. The predicted octanol–water partition coefficient (Wildman–Crippen LogP) is 2.45. The Kier molecular flexibility index (Phi) is 4.60. The molecule has 134 valence electrons. The van der Waals surface area contributed by atoms with Crippen molar-refractivity contribution in [3.8, 4) is 5.82 Å². The summed E-state index contributed by atoms with van der Waals surface area (Å²) in [4.78, 5) is 31.4. The lowest BCUT2D eigenvalue weighted by atomic mass is 10.2. The first kappa shape index (κ1) is 17.0. The zero-order valence-electron chi connectivity index (χ0n) is 13.8. The standard InChI is InChI=1S/C17H16ClN5O2S/c18-14-4-3-13(26-14)17(25)22-8-1-2-12(22)10-23-16(24)6-5-15(20-23)21-9-7-19-11-21/h3-7,9,11-12H,1-2,8,10H2. The highest BCUT2D eigenvalue weighted by atomic mass is 35.5. The number of hydrogen-bond donors (Lipinski definition) is 0. The average Bonchev–Trinajstić information content (AvgIpc) is 3.37. The zero-order valence-corrected chi connectivity index (χ0v) is 15.4. The summed E-state index contributed by atoms with van der Waals surface area (Å²) in [5.74, 6) is 0.575. The summed E-state index contributed by atoms with van der Waals surface area (Å²) < 4.78 is 3.75. The summed E-state index contributed by atoms with van der Waals surface area (Å²) in [6, 6.07) is 6.56. The lowest BCUT2D eigenvalue weighted by Gasteiger charge is -2.24. The van der Waals surface area contributed by atoms with Gasteiger partial charge in [-0.3, -0.25) is 14.2 Å². The molecule has 4 heterocycles. The number of imidazole rings is 1. The molecule has 0 N–H and O–H groups in total. The van der Waals surface area contributed by atoms with Crippen molar-refractivity contribution in [2.45, 2.75) is 25.4 Å². The fourth-order valence-corrected chi connectivity index (χ4v) is 4.16. The average molecular weight is 390 g/mol. The SMILES string of the molecule is O=C(c1ccc(Cl)s1)N1CCCC1Cn1nc(-n2ccnc2)ccc1=O. The van der Waals surface area contributed by atoms with Crippen LogP contribution in [0.1, 0.15) is 22.5 Å². The predicted molar refractivity (Wildman–Crippen MR) is 99.0 cm³/mol. The Labute approximate surface area is 158 Å². The van der Waals surface area contributed by atoms with Crippen LogP contribution in [-0.4, -0.2) is 42.7 Å². The van der Waals surface area contributed by atoms with Gasteiger partial charge in [0.05, 0.1) is 21.8 Å². The van der Waals surface area contributed by atoms with Gasteiger partial charge in [0.2, 0.25) is 0 Å². The van der Waals surface area contributed by atoms with E-state index in [-0.39, 0.29) is 17.5 Å². The van der Waals surface area contributed by atoms with Gasteiger partial charge in [-0.2, -0.15) is 5.10 Å². The summed E-state index contributed by atoms with van der Waals surface area (Å²) in [5, 5.41) is 4.42. The van der Waals surface area contributed by atoms with Crippen molar-refractivity contribution < 1.29 is 4.79 Å². The number of rotatable bonds is 4. The fraction of sp³-hybridized carbons (Fsp3) is 0.294. The number of hydrogen-bond acceptors (Lipinski definition) is 5. The molecule has 1 amide bonds. The minimum Gasteiger partial charge on any atom is -0.333 e. The normalized spacial score (nSPS) is 17.0. The smallest absolute Gasteiger partial charge is 0.266 e. The summed E-state index contributed by atoms with van der Waals surface area (Å²) >= 11 is 7.22. The lowest BCUT2D eigenvalue weighted by molar-refractivity contribution is 0.0725. The third-order valence-electron chi connectivity index (χ3n) is 4.43. The maximum Gasteiger partial charge on any atom is 0.266 e. The van der Waals surface area contributed by atoms with E-state index in [2.05, 4.69) is 10.1 Å². The van der Waals surface area contributed by atoms with E-state index in [1.807, 2.05) is 4.90 Å². The Morgan fingerprint density at radius 3 is 2.92 bits per heavy atom. The van der Waals surface area contributed by atoms with Crippen molar-refractivity contribution in [2.24, 2.45) is 0 Å². The van der Waals surface area contributed by atoms with Gasteiger partial charge in [0, 0.05) is 25.0 Å². The second kappa shape index (κ2) is 7.05. The Morgan fingerprint density at radius 2 is 2.19 bits per heavy atom. The van der Waals surface area contributed by atoms with Crippen LogP contribution in [-0.2, 0) is 6.54 Å². The van der Waals surface area contributed by atoms with E-state index in [1.54, 1.807) is 41.5 Å². The molecule has 1 unspecified atom stereocenters. The van der Waals surface area contributed by atoms with Crippen LogP contribution in [0.5, 0.6) is 0 Å². The van der Waals surface area contributed by atoms with Crippen molar-refractivity contribution in [2.75, 3.05) is 6.54 Å². The number of amides is 1. The van der Waals surface area contributed by atoms with Crippen LogP contribution >= 0.6 is 22.9 Å². The number of nitrogens with zero attached hydrogens (tertiary/aromatic N) is 5. The van der Waals surface area contributed by atoms with E-state index < -0.39 is 0 Å². The number of likely N-dealkylation sites (tertiary alicyclic amines) is 1. The Bertz CT molecular complexity index is 981. The van der Waals surface area contributed by atoms with Gasteiger partial charge >= 0.3 is 0 Å². The summed E-state index contributed by atoms with van der Waals surface area (Å²) in [6.07, 6.45) is 6.80. The molecular formula is C17H16ClN5O2S. The van der Waals surface area contributed by atoms with Gasteiger partial charge in [-0.15, -0.1) is 11.3 Å². The molecule has 0 aliphatic carbocycles. The molecule has 0 radical (unpaired) electrons. The van der Waals surface area contributed by atoms with Crippen LogP contribution in [0.2, 0.25) is 4.34 Å². The molecule has 4 rings (SSSR count). The maximum atomic E-state index is 12.8. The summed E-state index contributed by atoms with van der Waals surface area (Å²) in [6.45, 7) is 1.04. The molecule has 1 aliphatic rings. The van der Waals surface area contributed by atoms with Crippen LogP contribution in [0.25, 0.3) is 5.82 Å². The molecule has 0 aromatic carbocycles. The van der Waals surface area contributed by atoms with Gasteiger partial charge in [0.15, 0.2) is 5.82 Å². The Morgan fingerprint density at radius 1 is 1.31 bits per heavy atom. The third kappa shape index (κ3) is 3.30. The van der Waals surface area contributed by atoms with Crippen LogP contribution in [0.4, 0.5) is 0 Å². The number of thiophene rings is 1. The zero-order chi connectivity index (χ0) is 18.1. The quantitative estimate of drug-likeness (QED) is 0.687. The highest BCUT2D eigenvalue weighted by molar-refractivity contribution is 7.17. The maximum absolute atomic E-state index is 12.8. The van der Waals surface area contributed by atoms with Crippen LogP contribution in [0.15, 0.2) is 47.8 Å². The molecule has 7 nitrogen and oxygen atoms in total. The Balaban J connectivity index is 1.57. The van der Waals surface area contributed by atoms with Crippen molar-refractivity contribution >= 4 is 28.8 Å². The number of carbonyl (C=O) groups is 1. The molecule has 3 aromatic rings. The van der Waals surface area contributed by atoms with Gasteiger partial charge in [0.25, 0.3) is 11.5 Å². The molecule has 0 bridgehead atoms. The first-order chi connectivity index (χ1) is 12.6. The molecule has 1 atom stereocenters.